The Kier molecular flexibility index (Phi) is 3.08. The van der Waals surface area contributed by atoms with Gasteiger partial charge < -0.3 is 9.72 Å². The normalized spacial score (nSPS) is 11.0. The number of fused-ring (bicyclic) bond motifs is 1. The highest BCUT2D eigenvalue weighted by Gasteiger charge is 2.10. The lowest BCUT2D eigenvalue weighted by atomic mass is 10.2. The number of halogens is 3. The molecule has 0 saturated carbocycles. The molecule has 2 rings (SSSR count). The van der Waals surface area contributed by atoms with Crippen LogP contribution in [0.25, 0.3) is 10.9 Å². The highest BCUT2D eigenvalue weighted by molar-refractivity contribution is 14.1. The van der Waals surface area contributed by atoms with Crippen molar-refractivity contribution in [3.05, 3.63) is 38.2 Å². The minimum atomic E-state index is -2.91. The molecule has 1 N–H and O–H groups in total. The largest absolute Gasteiger partial charge is 0.433 e. The van der Waals surface area contributed by atoms with Crippen molar-refractivity contribution in [2.75, 3.05) is 0 Å². The number of pyridine rings is 1. The van der Waals surface area contributed by atoms with Crippen LogP contribution in [0, 0.1) is 3.57 Å². The van der Waals surface area contributed by atoms with Gasteiger partial charge in [-0.2, -0.15) is 8.78 Å². The van der Waals surface area contributed by atoms with E-state index < -0.39 is 6.61 Å². The number of ether oxygens (including phenoxy) is 1. The van der Waals surface area contributed by atoms with Crippen molar-refractivity contribution in [1.82, 2.24) is 4.98 Å². The summed E-state index contributed by atoms with van der Waals surface area (Å²) in [6.45, 7) is -2.91. The number of hydrogen-bond donors (Lipinski definition) is 1. The lowest BCUT2D eigenvalue weighted by Crippen LogP contribution is -2.08. The first-order valence-electron chi connectivity index (χ1n) is 4.34. The van der Waals surface area contributed by atoms with Crippen molar-refractivity contribution in [2.45, 2.75) is 6.61 Å². The lowest BCUT2D eigenvalue weighted by Gasteiger charge is -2.07. The second-order valence-corrected chi connectivity index (χ2v) is 4.19. The fraction of sp³-hybridized carbons (Fsp3) is 0.100. The average molecular weight is 337 g/mol. The number of alkyl halides is 2. The minimum absolute atomic E-state index is 0.0269. The first-order chi connectivity index (χ1) is 7.59. The van der Waals surface area contributed by atoms with E-state index in [2.05, 4.69) is 9.72 Å². The van der Waals surface area contributed by atoms with Crippen molar-refractivity contribution in [3.63, 3.8) is 0 Å². The molecule has 16 heavy (non-hydrogen) atoms. The molecule has 0 amide bonds. The first-order valence-corrected chi connectivity index (χ1v) is 5.42. The van der Waals surface area contributed by atoms with Crippen LogP contribution < -0.4 is 10.2 Å². The fourth-order valence-corrected chi connectivity index (χ4v) is 1.84. The van der Waals surface area contributed by atoms with Crippen molar-refractivity contribution in [2.24, 2.45) is 0 Å². The highest BCUT2D eigenvalue weighted by Crippen LogP contribution is 2.23. The molecule has 0 bridgehead atoms. The third kappa shape index (κ3) is 2.01. The Bertz CT molecular complexity index is 583. The zero-order chi connectivity index (χ0) is 11.7. The Morgan fingerprint density at radius 2 is 2.12 bits per heavy atom. The van der Waals surface area contributed by atoms with Crippen LogP contribution in [0.5, 0.6) is 5.75 Å². The van der Waals surface area contributed by atoms with Gasteiger partial charge in [0.1, 0.15) is 5.75 Å². The van der Waals surface area contributed by atoms with E-state index in [4.69, 9.17) is 0 Å². The number of rotatable bonds is 2. The molecule has 0 radical (unpaired) electrons. The first kappa shape index (κ1) is 11.3. The van der Waals surface area contributed by atoms with E-state index in [1.54, 1.807) is 6.07 Å². The van der Waals surface area contributed by atoms with Gasteiger partial charge in [-0.25, -0.2) is 0 Å². The molecule has 0 aliphatic heterocycles. The predicted octanol–water partition coefficient (Wildman–Crippen LogP) is 2.73. The number of aromatic nitrogens is 1. The van der Waals surface area contributed by atoms with Crippen LogP contribution in [0.15, 0.2) is 29.2 Å². The van der Waals surface area contributed by atoms with Crippen LogP contribution in [0.1, 0.15) is 0 Å². The van der Waals surface area contributed by atoms with Gasteiger partial charge in [-0.05, 0) is 34.7 Å². The maximum atomic E-state index is 12.1. The summed E-state index contributed by atoms with van der Waals surface area (Å²) in [6.07, 6.45) is 1.46. The molecule has 2 aromatic rings. The van der Waals surface area contributed by atoms with Crippen molar-refractivity contribution < 1.29 is 13.5 Å². The molecule has 0 aliphatic carbocycles. The van der Waals surface area contributed by atoms with E-state index in [0.29, 0.717) is 8.96 Å². The van der Waals surface area contributed by atoms with Gasteiger partial charge in [0.25, 0.3) is 0 Å². The zero-order valence-corrected chi connectivity index (χ0v) is 9.99. The summed E-state index contributed by atoms with van der Waals surface area (Å²) in [5, 5.41) is 0.338. The van der Waals surface area contributed by atoms with Crippen LogP contribution in [-0.4, -0.2) is 11.6 Å². The van der Waals surface area contributed by atoms with Gasteiger partial charge in [-0.3, -0.25) is 4.79 Å². The van der Waals surface area contributed by atoms with E-state index in [1.165, 1.54) is 18.3 Å². The van der Waals surface area contributed by atoms with Gasteiger partial charge >= 0.3 is 6.61 Å². The molecule has 0 spiro atoms. The molecule has 0 unspecified atom stereocenters. The van der Waals surface area contributed by atoms with E-state index in [0.717, 1.165) is 0 Å². The van der Waals surface area contributed by atoms with E-state index in [-0.39, 0.29) is 16.7 Å². The number of aromatic amines is 1. The Labute approximate surface area is 103 Å². The molecule has 84 valence electrons. The van der Waals surface area contributed by atoms with Gasteiger partial charge in [0, 0.05) is 6.20 Å². The van der Waals surface area contributed by atoms with Crippen LogP contribution in [-0.2, 0) is 0 Å². The van der Waals surface area contributed by atoms with Gasteiger partial charge in [0.2, 0.25) is 5.43 Å². The van der Waals surface area contributed by atoms with Gasteiger partial charge in [-0.1, -0.05) is 6.07 Å². The van der Waals surface area contributed by atoms with Crippen molar-refractivity contribution in [3.8, 4) is 5.75 Å². The molecule has 1 aromatic carbocycles. The summed E-state index contributed by atoms with van der Waals surface area (Å²) in [5.41, 5.74) is 0.0854. The molecule has 6 heteroatoms. The smallest absolute Gasteiger partial charge is 0.387 e. The van der Waals surface area contributed by atoms with Gasteiger partial charge in [-0.15, -0.1) is 0 Å². The topological polar surface area (TPSA) is 42.1 Å². The van der Waals surface area contributed by atoms with E-state index in [9.17, 15) is 13.6 Å². The zero-order valence-electron chi connectivity index (χ0n) is 7.84. The Morgan fingerprint density at radius 3 is 2.81 bits per heavy atom. The molecule has 1 aromatic heterocycles. The van der Waals surface area contributed by atoms with Crippen LogP contribution in [0.3, 0.4) is 0 Å². The minimum Gasteiger partial charge on any atom is -0.433 e. The summed E-state index contributed by atoms with van der Waals surface area (Å²) in [4.78, 5) is 14.5. The summed E-state index contributed by atoms with van der Waals surface area (Å²) in [5.74, 6) is -0.0269. The van der Waals surface area contributed by atoms with Crippen molar-refractivity contribution >= 4 is 33.5 Å². The lowest BCUT2D eigenvalue weighted by molar-refractivity contribution is -0.0489. The third-order valence-electron chi connectivity index (χ3n) is 2.05. The van der Waals surface area contributed by atoms with Crippen LogP contribution >= 0.6 is 22.6 Å². The summed E-state index contributed by atoms with van der Waals surface area (Å²) in [6, 6.07) is 4.46. The molecule has 3 nitrogen and oxygen atoms in total. The number of nitrogens with one attached hydrogen (secondary N) is 1. The number of H-pyrrole nitrogens is 1. The Morgan fingerprint density at radius 1 is 1.38 bits per heavy atom. The van der Waals surface area contributed by atoms with Crippen LogP contribution in [0.4, 0.5) is 8.78 Å². The third-order valence-corrected chi connectivity index (χ3v) is 2.85. The van der Waals surface area contributed by atoms with Crippen LogP contribution in [0.2, 0.25) is 0 Å². The molecule has 0 saturated heterocycles. The molecule has 0 fully saturated rings. The van der Waals surface area contributed by atoms with Gasteiger partial charge in [0.05, 0.1) is 14.5 Å². The SMILES string of the molecule is O=c1c(I)c[nH]c2c(OC(F)F)cccc12. The predicted molar refractivity (Wildman–Crippen MR) is 63.9 cm³/mol. The maximum absolute atomic E-state index is 12.1. The molecule has 1 heterocycles. The van der Waals surface area contributed by atoms with E-state index >= 15 is 0 Å². The highest BCUT2D eigenvalue weighted by atomic mass is 127. The fourth-order valence-electron chi connectivity index (χ4n) is 1.39. The summed E-state index contributed by atoms with van der Waals surface area (Å²) < 4.78 is 29.0. The molecular weight excluding hydrogens is 331 g/mol. The van der Waals surface area contributed by atoms with Gasteiger partial charge in [0.15, 0.2) is 0 Å². The maximum Gasteiger partial charge on any atom is 0.387 e. The standard InChI is InChI=1S/C10H6F2INO2/c11-10(12)16-7-3-1-2-5-8(7)14-4-6(13)9(5)15/h1-4,10H,(H,14,15). The summed E-state index contributed by atoms with van der Waals surface area (Å²) >= 11 is 1.88. The second kappa shape index (κ2) is 4.36. The Balaban J connectivity index is 2.70. The summed E-state index contributed by atoms with van der Waals surface area (Å²) in [7, 11) is 0. The molecule has 0 aliphatic rings. The van der Waals surface area contributed by atoms with E-state index in [1.807, 2.05) is 22.6 Å². The number of para-hydroxylation sites is 1. The second-order valence-electron chi connectivity index (χ2n) is 3.02. The molecular formula is C10H6F2INO2. The monoisotopic (exact) mass is 337 g/mol. The number of benzene rings is 1. The number of hydrogen-bond acceptors (Lipinski definition) is 2. The molecule has 0 atom stereocenters. The average Bonchev–Trinajstić information content (AvgIpc) is 2.23. The quantitative estimate of drug-likeness (QED) is 0.857. The Hall–Kier alpha value is -1.18. The van der Waals surface area contributed by atoms with Crippen molar-refractivity contribution in [1.29, 1.82) is 0 Å².